The predicted molar refractivity (Wildman–Crippen MR) is 72.8 cm³/mol. The number of carbonyl (C=O) groups is 1. The molecule has 1 N–H and O–H groups in total. The minimum atomic E-state index is -0.0792. The standard InChI is InChI=1S/C12H15BrClNO2/c1-9-8-10(13)2-3-11(9)12(16)15-5-7-17-6-4-14/h2-3,8H,4-7H2,1H3,(H,15,16). The monoisotopic (exact) mass is 319 g/mol. The van der Waals surface area contributed by atoms with Gasteiger partial charge in [-0.1, -0.05) is 15.9 Å². The Hall–Kier alpha value is -0.580. The lowest BCUT2D eigenvalue weighted by Crippen LogP contribution is -2.28. The molecule has 1 aromatic rings. The number of rotatable bonds is 6. The van der Waals surface area contributed by atoms with Gasteiger partial charge in [-0.15, -0.1) is 11.6 Å². The minimum absolute atomic E-state index is 0.0792. The number of aryl methyl sites for hydroxylation is 1. The first kappa shape index (κ1) is 14.5. The highest BCUT2D eigenvalue weighted by molar-refractivity contribution is 9.10. The molecule has 1 amide bonds. The van der Waals surface area contributed by atoms with E-state index in [1.807, 2.05) is 19.1 Å². The first-order valence-corrected chi connectivity index (χ1v) is 6.66. The van der Waals surface area contributed by atoms with Crippen molar-refractivity contribution >= 4 is 33.4 Å². The maximum Gasteiger partial charge on any atom is 0.251 e. The van der Waals surface area contributed by atoms with Gasteiger partial charge in [-0.05, 0) is 30.7 Å². The Balaban J connectivity index is 2.42. The van der Waals surface area contributed by atoms with Crippen LogP contribution in [0, 0.1) is 6.92 Å². The van der Waals surface area contributed by atoms with E-state index in [1.54, 1.807) is 6.07 Å². The van der Waals surface area contributed by atoms with E-state index in [9.17, 15) is 4.79 Å². The van der Waals surface area contributed by atoms with Crippen LogP contribution in [-0.2, 0) is 4.74 Å². The summed E-state index contributed by atoms with van der Waals surface area (Å²) in [6, 6.07) is 5.57. The van der Waals surface area contributed by atoms with Crippen LogP contribution < -0.4 is 5.32 Å². The maximum atomic E-state index is 11.8. The molecule has 17 heavy (non-hydrogen) atoms. The van der Waals surface area contributed by atoms with E-state index in [-0.39, 0.29) is 5.91 Å². The van der Waals surface area contributed by atoms with Crippen molar-refractivity contribution in [2.75, 3.05) is 25.6 Å². The van der Waals surface area contributed by atoms with Crippen LogP contribution in [0.2, 0.25) is 0 Å². The molecule has 0 radical (unpaired) electrons. The highest BCUT2D eigenvalue weighted by atomic mass is 79.9. The molecule has 0 saturated carbocycles. The molecule has 1 aromatic carbocycles. The predicted octanol–water partition coefficient (Wildman–Crippen LogP) is 2.74. The van der Waals surface area contributed by atoms with Crippen LogP contribution in [0.25, 0.3) is 0 Å². The fourth-order valence-corrected chi connectivity index (χ4v) is 1.96. The Labute approximate surface area is 115 Å². The van der Waals surface area contributed by atoms with Crippen LogP contribution in [0.1, 0.15) is 15.9 Å². The Morgan fingerprint density at radius 3 is 2.88 bits per heavy atom. The molecule has 0 atom stereocenters. The number of halogens is 2. The highest BCUT2D eigenvalue weighted by Crippen LogP contribution is 2.15. The smallest absolute Gasteiger partial charge is 0.251 e. The molecule has 0 aromatic heterocycles. The van der Waals surface area contributed by atoms with Gasteiger partial charge >= 0.3 is 0 Å². The van der Waals surface area contributed by atoms with Crippen molar-refractivity contribution in [1.29, 1.82) is 0 Å². The zero-order valence-electron chi connectivity index (χ0n) is 9.63. The van der Waals surface area contributed by atoms with Crippen molar-refractivity contribution in [2.45, 2.75) is 6.92 Å². The summed E-state index contributed by atoms with van der Waals surface area (Å²) < 4.78 is 6.13. The fraction of sp³-hybridized carbons (Fsp3) is 0.417. The second-order valence-electron chi connectivity index (χ2n) is 3.52. The number of amides is 1. The Kier molecular flexibility index (Phi) is 6.55. The lowest BCUT2D eigenvalue weighted by Gasteiger charge is -2.08. The van der Waals surface area contributed by atoms with Gasteiger partial charge in [-0.2, -0.15) is 0 Å². The van der Waals surface area contributed by atoms with Crippen molar-refractivity contribution < 1.29 is 9.53 Å². The molecule has 0 unspecified atom stereocenters. The van der Waals surface area contributed by atoms with E-state index in [4.69, 9.17) is 16.3 Å². The van der Waals surface area contributed by atoms with E-state index in [2.05, 4.69) is 21.2 Å². The van der Waals surface area contributed by atoms with Crippen molar-refractivity contribution in [3.63, 3.8) is 0 Å². The average molecular weight is 321 g/mol. The summed E-state index contributed by atoms with van der Waals surface area (Å²) in [4.78, 5) is 11.8. The van der Waals surface area contributed by atoms with Gasteiger partial charge in [0.15, 0.2) is 0 Å². The molecule has 0 aliphatic heterocycles. The van der Waals surface area contributed by atoms with Crippen LogP contribution in [0.15, 0.2) is 22.7 Å². The summed E-state index contributed by atoms with van der Waals surface area (Å²) in [6.45, 7) is 3.39. The zero-order valence-corrected chi connectivity index (χ0v) is 12.0. The highest BCUT2D eigenvalue weighted by Gasteiger charge is 2.07. The molecule has 3 nitrogen and oxygen atoms in total. The van der Waals surface area contributed by atoms with E-state index in [1.165, 1.54) is 0 Å². The van der Waals surface area contributed by atoms with Gasteiger partial charge < -0.3 is 10.1 Å². The number of ether oxygens (including phenoxy) is 1. The summed E-state index contributed by atoms with van der Waals surface area (Å²) in [5.41, 5.74) is 1.63. The third kappa shape index (κ3) is 5.06. The van der Waals surface area contributed by atoms with E-state index in [0.717, 1.165) is 10.0 Å². The summed E-state index contributed by atoms with van der Waals surface area (Å²) in [5.74, 6) is 0.393. The van der Waals surface area contributed by atoms with Crippen molar-refractivity contribution in [1.82, 2.24) is 5.32 Å². The van der Waals surface area contributed by atoms with Crippen LogP contribution in [-0.4, -0.2) is 31.5 Å². The van der Waals surface area contributed by atoms with Gasteiger partial charge in [0.2, 0.25) is 0 Å². The number of alkyl halides is 1. The Morgan fingerprint density at radius 2 is 2.24 bits per heavy atom. The van der Waals surface area contributed by atoms with Crippen LogP contribution >= 0.6 is 27.5 Å². The first-order chi connectivity index (χ1) is 8.15. The van der Waals surface area contributed by atoms with Crippen molar-refractivity contribution in [3.8, 4) is 0 Å². The lowest BCUT2D eigenvalue weighted by atomic mass is 10.1. The van der Waals surface area contributed by atoms with Crippen molar-refractivity contribution in [2.24, 2.45) is 0 Å². The van der Waals surface area contributed by atoms with Gasteiger partial charge in [0, 0.05) is 22.5 Å². The quantitative estimate of drug-likeness (QED) is 0.646. The summed E-state index contributed by atoms with van der Waals surface area (Å²) in [5, 5.41) is 2.80. The Bertz CT molecular complexity index is 385. The second-order valence-corrected chi connectivity index (χ2v) is 4.81. The summed E-state index contributed by atoms with van der Waals surface area (Å²) >= 11 is 8.82. The number of hydrogen-bond acceptors (Lipinski definition) is 2. The van der Waals surface area contributed by atoms with Crippen LogP contribution in [0.4, 0.5) is 0 Å². The number of hydrogen-bond donors (Lipinski definition) is 1. The minimum Gasteiger partial charge on any atom is -0.378 e. The molecule has 0 saturated heterocycles. The maximum absolute atomic E-state index is 11.8. The van der Waals surface area contributed by atoms with Gasteiger partial charge in [0.05, 0.1) is 13.2 Å². The second kappa shape index (κ2) is 7.69. The van der Waals surface area contributed by atoms with Gasteiger partial charge in [0.25, 0.3) is 5.91 Å². The first-order valence-electron chi connectivity index (χ1n) is 5.33. The molecular formula is C12H15BrClNO2. The third-order valence-electron chi connectivity index (χ3n) is 2.19. The molecular weight excluding hydrogens is 305 g/mol. The average Bonchev–Trinajstić information content (AvgIpc) is 2.28. The molecule has 94 valence electrons. The SMILES string of the molecule is Cc1cc(Br)ccc1C(=O)NCCOCCCl. The number of carbonyl (C=O) groups excluding carboxylic acids is 1. The number of benzene rings is 1. The largest absolute Gasteiger partial charge is 0.378 e. The van der Waals surface area contributed by atoms with E-state index in [0.29, 0.717) is 31.2 Å². The zero-order chi connectivity index (χ0) is 12.7. The van der Waals surface area contributed by atoms with Crippen LogP contribution in [0.3, 0.4) is 0 Å². The third-order valence-corrected chi connectivity index (χ3v) is 2.83. The van der Waals surface area contributed by atoms with Crippen LogP contribution in [0.5, 0.6) is 0 Å². The van der Waals surface area contributed by atoms with Gasteiger partial charge in [-0.25, -0.2) is 0 Å². The molecule has 0 aliphatic carbocycles. The topological polar surface area (TPSA) is 38.3 Å². The molecule has 1 rings (SSSR count). The summed E-state index contributed by atoms with van der Waals surface area (Å²) in [6.07, 6.45) is 0. The molecule has 0 heterocycles. The molecule has 0 bridgehead atoms. The molecule has 0 fully saturated rings. The molecule has 0 aliphatic rings. The number of nitrogens with one attached hydrogen (secondary N) is 1. The lowest BCUT2D eigenvalue weighted by molar-refractivity contribution is 0.0923. The molecule has 0 spiro atoms. The normalized spacial score (nSPS) is 10.3. The van der Waals surface area contributed by atoms with Gasteiger partial charge in [-0.3, -0.25) is 4.79 Å². The summed E-state index contributed by atoms with van der Waals surface area (Å²) in [7, 11) is 0. The fourth-order valence-electron chi connectivity index (χ4n) is 1.37. The molecule has 5 heteroatoms. The van der Waals surface area contributed by atoms with Gasteiger partial charge in [0.1, 0.15) is 0 Å². The van der Waals surface area contributed by atoms with E-state index < -0.39 is 0 Å². The van der Waals surface area contributed by atoms with Crippen molar-refractivity contribution in [3.05, 3.63) is 33.8 Å². The van der Waals surface area contributed by atoms with E-state index >= 15 is 0 Å². The Morgan fingerprint density at radius 1 is 1.47 bits per heavy atom.